The Labute approximate surface area is 597 Å². The Balaban J connectivity index is 2.10. The summed E-state index contributed by atoms with van der Waals surface area (Å²) in [4.78, 5) is 183. The molecule has 560 valence electrons. The van der Waals surface area contributed by atoms with E-state index >= 15 is 9.59 Å². The van der Waals surface area contributed by atoms with Crippen molar-refractivity contribution in [1.82, 2.24) is 25.8 Å². The molecule has 0 saturated carbocycles. The second-order valence-corrected chi connectivity index (χ2v) is 29.7. The number of nitro groups is 1. The third kappa shape index (κ3) is 32.6. The molecule has 9 unspecified atom stereocenters. The molecule has 0 radical (unpaired) electrons. The molecule has 101 heavy (non-hydrogen) atoms. The lowest BCUT2D eigenvalue weighted by Crippen LogP contribution is -2.50. The van der Waals surface area contributed by atoms with Crippen molar-refractivity contribution in [2.75, 3.05) is 52.6 Å². The summed E-state index contributed by atoms with van der Waals surface area (Å²) in [6, 6.07) is 5.32. The summed E-state index contributed by atoms with van der Waals surface area (Å²) < 4.78 is -0.831. The number of nitrogens with two attached hydrogens (primary N) is 9. The second-order valence-electron chi connectivity index (χ2n) is 26.7. The molecular weight excluding hydrogens is 1340 g/mol. The maximum atomic E-state index is 15.3. The monoisotopic (exact) mass is 1450 g/mol. The van der Waals surface area contributed by atoms with E-state index in [1.54, 1.807) is 39.8 Å². The fraction of sp³-hybridized carbons (Fsp3) is 0.612. The van der Waals surface area contributed by atoms with E-state index in [0.717, 1.165) is 9.80 Å². The number of ketones is 5. The summed E-state index contributed by atoms with van der Waals surface area (Å²) in [7, 11) is 5.23. The molecule has 6 amide bonds. The van der Waals surface area contributed by atoms with Gasteiger partial charge in [-0.1, -0.05) is 59.7 Å². The Bertz CT molecular complexity index is 3230. The number of unbranched alkanes of at least 4 members (excludes halogenated alkanes) is 1. The van der Waals surface area contributed by atoms with Crippen LogP contribution in [-0.2, 0) is 65.6 Å². The number of likely N-dealkylation sites (N-methyl/N-ethyl adjacent to an activating group) is 2. The van der Waals surface area contributed by atoms with Gasteiger partial charge in [-0.05, 0) is 127 Å². The van der Waals surface area contributed by atoms with Gasteiger partial charge >= 0.3 is 0 Å². The first-order valence-electron chi connectivity index (χ1n) is 33.8. The highest BCUT2D eigenvalue weighted by atomic mass is 33.1. The van der Waals surface area contributed by atoms with Crippen LogP contribution in [0.4, 0.5) is 5.69 Å². The van der Waals surface area contributed by atoms with Gasteiger partial charge in [0.2, 0.25) is 35.4 Å². The minimum atomic E-state index is -1.44. The number of guanidine groups is 3. The zero-order valence-electron chi connectivity index (χ0n) is 58.8. The topological polar surface area (TPSA) is 565 Å². The Morgan fingerprint density at radius 2 is 1.32 bits per heavy atom. The first kappa shape index (κ1) is 86.5. The Kier molecular flexibility index (Phi) is 37.5. The predicted molar refractivity (Wildman–Crippen MR) is 389 cm³/mol. The molecule has 0 aromatic heterocycles. The molecule has 0 bridgehead atoms. The van der Waals surface area contributed by atoms with Crippen molar-refractivity contribution >= 4 is 110 Å². The lowest BCUT2D eigenvalue weighted by atomic mass is 9.87. The number of nitrogens with one attached hydrogen (secondary N) is 3. The number of benzene rings is 2. The van der Waals surface area contributed by atoms with Crippen LogP contribution in [0, 0.1) is 39.7 Å². The summed E-state index contributed by atoms with van der Waals surface area (Å²) >= 11 is 0. The van der Waals surface area contributed by atoms with Crippen LogP contribution in [0.1, 0.15) is 142 Å². The number of carbonyl (C=O) groups excluding carboxylic acids is 11. The third-order valence-corrected chi connectivity index (χ3v) is 20.2. The number of aliphatic imine (C=N–C) groups is 3. The molecule has 32 nitrogen and oxygen atoms in total. The predicted octanol–water partition coefficient (Wildman–Crippen LogP) is 0.798. The number of amides is 6. The molecule has 3 rings (SSSR count). The minimum absolute atomic E-state index is 0.0103. The second kappa shape index (κ2) is 43.8. The SMILES string of the molecule is CC(C)CC(NC(=O)C(CC(=O)CN(C)C(=O)C(N)Cc1ccc(O)cc1)Cc1ccc([N+](=O)[O-])cc1)C(=O)CC(CCCN=C(N)N)C(=O)N(C)C(CCCN=C(N)N)C(=O)CC1CC(=O)CC(C)(C)SSCC(C(=O)NC(CCCCN)C(N)=O)CC(=O)C(CCCN=C(N)N)NC1=O. The Hall–Kier alpha value is -8.76. The fourth-order valence-electron chi connectivity index (χ4n) is 11.6. The normalized spacial score (nSPS) is 17.6. The fourth-order valence-corrected chi connectivity index (χ4v) is 14.4. The smallest absolute Gasteiger partial charge is 0.269 e. The molecule has 0 aliphatic carbocycles. The van der Waals surface area contributed by atoms with Crippen LogP contribution in [-0.4, -0.2) is 190 Å². The molecule has 0 spiro atoms. The van der Waals surface area contributed by atoms with E-state index in [4.69, 9.17) is 51.6 Å². The van der Waals surface area contributed by atoms with Gasteiger partial charge in [-0.15, -0.1) is 0 Å². The van der Waals surface area contributed by atoms with Gasteiger partial charge in [-0.2, -0.15) is 0 Å². The quantitative estimate of drug-likeness (QED) is 0.0109. The maximum Gasteiger partial charge on any atom is 0.269 e. The molecule has 1 aliphatic rings. The van der Waals surface area contributed by atoms with Crippen molar-refractivity contribution in [3.8, 4) is 5.75 Å². The van der Waals surface area contributed by atoms with Crippen molar-refractivity contribution in [2.24, 2.45) is 96.2 Å². The molecule has 1 heterocycles. The molecule has 34 heteroatoms. The largest absolute Gasteiger partial charge is 0.508 e. The third-order valence-electron chi connectivity index (χ3n) is 16.8. The summed E-state index contributed by atoms with van der Waals surface area (Å²) in [6.45, 7) is 7.07. The van der Waals surface area contributed by atoms with Crippen molar-refractivity contribution in [1.29, 1.82) is 0 Å². The molecule has 22 N–H and O–H groups in total. The van der Waals surface area contributed by atoms with Crippen molar-refractivity contribution < 1.29 is 62.8 Å². The molecule has 2 aromatic carbocycles. The number of hydrogen-bond acceptors (Lipinski definition) is 21. The van der Waals surface area contributed by atoms with Crippen LogP contribution < -0.4 is 67.6 Å². The maximum absolute atomic E-state index is 15.3. The van der Waals surface area contributed by atoms with Gasteiger partial charge in [0.1, 0.15) is 17.6 Å². The van der Waals surface area contributed by atoms with Crippen LogP contribution in [0.2, 0.25) is 0 Å². The van der Waals surface area contributed by atoms with Crippen LogP contribution in [0.25, 0.3) is 0 Å². The number of Topliss-reactive ketones (excluding diaryl/α,β-unsaturated/α-hetero) is 5. The first-order valence-corrected chi connectivity index (χ1v) is 36.1. The number of hydrogen-bond donors (Lipinski definition) is 13. The standard InChI is InChI=1S/C67H106N18O14S2/c1-39(2)28-53(82-59(93)43(29-40-16-20-46(21-17-40)85(98)99)32-49(88)37-83(5)63(97)50(69)30-41-18-22-47(86)23-19-41)56(90)33-42(12-9-25-77-64(71)72)62(96)84(6)54(15-11-27-79-66(75)76)57(91)34-44-31-48(87)36-67(3,4)101-100-38-45(61(95)81-52(58(70)92)13-7-8-24-68)35-55(89)51(80-60(44)94)14-10-26-78-65(73)74/h16-23,39,42-45,50-54,86H,7-15,24-38,68-69H2,1-6H3,(H2,70,92)(H,80,94)(H,81,95)(H,82,93)(H4,71,72,77)(H4,73,74,78)(H4,75,76,79). The minimum Gasteiger partial charge on any atom is -0.508 e. The molecular formula is C67H106N18O14S2. The van der Waals surface area contributed by atoms with E-state index < -0.39 is 167 Å². The number of non-ortho nitro benzene ring substituents is 1. The lowest BCUT2D eigenvalue weighted by molar-refractivity contribution is -0.384. The summed E-state index contributed by atoms with van der Waals surface area (Å²) in [5.41, 5.74) is 52.3. The number of carbonyl (C=O) groups is 11. The molecule has 9 atom stereocenters. The van der Waals surface area contributed by atoms with E-state index in [9.17, 15) is 58.4 Å². The zero-order chi connectivity index (χ0) is 75.7. The van der Waals surface area contributed by atoms with Crippen LogP contribution in [0.15, 0.2) is 63.5 Å². The van der Waals surface area contributed by atoms with Gasteiger partial charge in [0.05, 0.1) is 47.5 Å². The number of nitrogens with zero attached hydrogens (tertiary/aromatic N) is 6. The van der Waals surface area contributed by atoms with Gasteiger partial charge in [0.15, 0.2) is 41.0 Å². The number of phenols is 1. The van der Waals surface area contributed by atoms with Crippen molar-refractivity contribution in [3.63, 3.8) is 0 Å². The van der Waals surface area contributed by atoms with Gasteiger partial charge < -0.3 is 82.5 Å². The van der Waals surface area contributed by atoms with E-state index in [0.29, 0.717) is 30.5 Å². The highest BCUT2D eigenvalue weighted by molar-refractivity contribution is 8.77. The lowest BCUT2D eigenvalue weighted by Gasteiger charge is -2.32. The highest BCUT2D eigenvalue weighted by Gasteiger charge is 2.40. The number of phenolic OH excluding ortho intramolecular Hbond substituents is 1. The van der Waals surface area contributed by atoms with E-state index in [1.165, 1.54) is 72.1 Å². The Morgan fingerprint density at radius 1 is 0.733 bits per heavy atom. The Morgan fingerprint density at radius 3 is 1.89 bits per heavy atom. The number of nitro benzene ring substituents is 1. The average molecular weight is 1450 g/mol. The highest BCUT2D eigenvalue weighted by Crippen LogP contribution is 2.40. The summed E-state index contributed by atoms with van der Waals surface area (Å²) in [5.74, 6) is -13.1. The number of primary amides is 1. The van der Waals surface area contributed by atoms with Gasteiger partial charge in [-0.3, -0.25) is 77.8 Å². The van der Waals surface area contributed by atoms with Crippen LogP contribution >= 0.6 is 21.6 Å². The van der Waals surface area contributed by atoms with Gasteiger partial charge in [0.25, 0.3) is 5.69 Å². The van der Waals surface area contributed by atoms with E-state index in [-0.39, 0.29) is 131 Å². The van der Waals surface area contributed by atoms with Gasteiger partial charge in [-0.25, -0.2) is 0 Å². The first-order chi connectivity index (χ1) is 47.5. The van der Waals surface area contributed by atoms with Crippen LogP contribution in [0.5, 0.6) is 5.75 Å². The molecule has 1 aliphatic heterocycles. The van der Waals surface area contributed by atoms with Gasteiger partial charge in [0, 0.05) is 107 Å². The van der Waals surface area contributed by atoms with Crippen LogP contribution in [0.3, 0.4) is 0 Å². The molecule has 2 aromatic rings. The molecule has 1 fully saturated rings. The van der Waals surface area contributed by atoms with Crippen molar-refractivity contribution in [2.45, 2.75) is 178 Å². The average Bonchev–Trinajstić information content (AvgIpc) is 0.838. The van der Waals surface area contributed by atoms with Crippen molar-refractivity contribution in [3.05, 3.63) is 69.8 Å². The van der Waals surface area contributed by atoms with E-state index in [1.807, 2.05) is 0 Å². The van der Waals surface area contributed by atoms with E-state index in [2.05, 4.69) is 30.9 Å². The number of rotatable bonds is 41. The molecule has 1 saturated heterocycles. The number of aromatic hydroxyl groups is 1. The summed E-state index contributed by atoms with van der Waals surface area (Å²) in [5, 5.41) is 29.6. The summed E-state index contributed by atoms with van der Waals surface area (Å²) in [6.07, 6.45) is -1.24. The zero-order valence-corrected chi connectivity index (χ0v) is 60.4.